The molecule has 144 valence electrons. The summed E-state index contributed by atoms with van der Waals surface area (Å²) < 4.78 is 10.5. The molecule has 0 aromatic heterocycles. The van der Waals surface area contributed by atoms with Crippen LogP contribution in [0.15, 0.2) is 42.5 Å². The fourth-order valence-electron chi connectivity index (χ4n) is 2.67. The van der Waals surface area contributed by atoms with Crippen LogP contribution in [0.1, 0.15) is 12.5 Å². The molecule has 0 saturated heterocycles. The average Bonchev–Trinajstić information content (AvgIpc) is 2.67. The number of carbonyl (C=O) groups is 1. The summed E-state index contributed by atoms with van der Waals surface area (Å²) in [6.45, 7) is 2.35. The van der Waals surface area contributed by atoms with E-state index in [1.54, 1.807) is 33.3 Å². The van der Waals surface area contributed by atoms with Gasteiger partial charge in [-0.1, -0.05) is 12.1 Å². The number of nitro benzene ring substituents is 1. The molecule has 0 aliphatic carbocycles. The maximum absolute atomic E-state index is 12.5. The third kappa shape index (κ3) is 4.95. The van der Waals surface area contributed by atoms with E-state index in [4.69, 9.17) is 9.47 Å². The Hall–Kier alpha value is -3.13. The molecule has 0 radical (unpaired) electrons. The van der Waals surface area contributed by atoms with Gasteiger partial charge in [0.15, 0.2) is 17.5 Å². The number of quaternary nitrogens is 1. The maximum Gasteiger partial charge on any atom is 0.292 e. The minimum atomic E-state index is -0.513. The summed E-state index contributed by atoms with van der Waals surface area (Å²) in [4.78, 5) is 24.0. The molecular weight excluding hydrogens is 350 g/mol. The molecule has 0 saturated carbocycles. The van der Waals surface area contributed by atoms with Crippen LogP contribution in [0.5, 0.6) is 11.5 Å². The number of ether oxygens (including phenoxy) is 2. The van der Waals surface area contributed by atoms with Crippen LogP contribution in [-0.2, 0) is 11.3 Å². The normalized spacial score (nSPS) is 12.7. The Labute approximate surface area is 157 Å². The highest BCUT2D eigenvalue weighted by atomic mass is 16.6. The molecule has 1 amide bonds. The minimum absolute atomic E-state index is 0.129. The van der Waals surface area contributed by atoms with Crippen molar-refractivity contribution in [3.05, 3.63) is 58.1 Å². The summed E-state index contributed by atoms with van der Waals surface area (Å²) in [7, 11) is 5.03. The van der Waals surface area contributed by atoms with Gasteiger partial charge in [0.25, 0.3) is 11.6 Å². The molecule has 0 heterocycles. The Morgan fingerprint density at radius 1 is 1.19 bits per heavy atom. The van der Waals surface area contributed by atoms with Crippen LogP contribution >= 0.6 is 0 Å². The van der Waals surface area contributed by atoms with Crippen molar-refractivity contribution in [1.82, 2.24) is 0 Å². The molecule has 0 aliphatic heterocycles. The molecule has 0 aliphatic rings. The van der Waals surface area contributed by atoms with Gasteiger partial charge in [0.2, 0.25) is 0 Å². The summed E-state index contributed by atoms with van der Waals surface area (Å²) in [6.07, 6.45) is 0. The number of benzene rings is 2. The molecular formula is C19H24N3O5+. The van der Waals surface area contributed by atoms with Crippen LogP contribution in [-0.4, -0.2) is 38.1 Å². The number of para-hydroxylation sites is 2. The van der Waals surface area contributed by atoms with Crippen LogP contribution in [0.25, 0.3) is 0 Å². The Kier molecular flexibility index (Phi) is 6.73. The third-order valence-corrected chi connectivity index (χ3v) is 4.42. The number of hydrogen-bond acceptors (Lipinski definition) is 5. The molecule has 0 bridgehead atoms. The SMILES string of the molecule is COc1ccc(C[NH+](C)[C@H](C)C(=O)Nc2ccccc2[N+](=O)[O-])cc1OC. The van der Waals surface area contributed by atoms with Crippen molar-refractivity contribution in [1.29, 1.82) is 0 Å². The molecule has 0 spiro atoms. The second kappa shape index (κ2) is 9.00. The van der Waals surface area contributed by atoms with Gasteiger partial charge in [-0.2, -0.15) is 0 Å². The number of carbonyl (C=O) groups excluding carboxylic acids is 1. The van der Waals surface area contributed by atoms with Gasteiger partial charge in [0.1, 0.15) is 12.2 Å². The lowest BCUT2D eigenvalue weighted by Crippen LogP contribution is -3.12. The van der Waals surface area contributed by atoms with E-state index in [0.717, 1.165) is 10.5 Å². The zero-order valence-corrected chi connectivity index (χ0v) is 15.8. The lowest BCUT2D eigenvalue weighted by molar-refractivity contribution is -0.907. The molecule has 8 heteroatoms. The van der Waals surface area contributed by atoms with Gasteiger partial charge in [-0.25, -0.2) is 0 Å². The Balaban J connectivity index is 2.07. The first-order chi connectivity index (χ1) is 12.9. The van der Waals surface area contributed by atoms with Gasteiger partial charge in [0.05, 0.1) is 26.2 Å². The fraction of sp³-hybridized carbons (Fsp3) is 0.316. The van der Waals surface area contributed by atoms with Gasteiger partial charge >= 0.3 is 0 Å². The highest BCUT2D eigenvalue weighted by molar-refractivity contribution is 5.95. The van der Waals surface area contributed by atoms with Gasteiger partial charge in [-0.3, -0.25) is 14.9 Å². The van der Waals surface area contributed by atoms with Crippen molar-refractivity contribution in [2.75, 3.05) is 26.6 Å². The average molecular weight is 374 g/mol. The second-order valence-corrected chi connectivity index (χ2v) is 6.20. The quantitative estimate of drug-likeness (QED) is 0.541. The van der Waals surface area contributed by atoms with Gasteiger partial charge in [-0.15, -0.1) is 0 Å². The van der Waals surface area contributed by atoms with Crippen molar-refractivity contribution in [2.45, 2.75) is 19.5 Å². The van der Waals surface area contributed by atoms with E-state index >= 15 is 0 Å². The van der Waals surface area contributed by atoms with Crippen LogP contribution in [0.4, 0.5) is 11.4 Å². The topological polar surface area (TPSA) is 95.1 Å². The number of nitrogens with zero attached hydrogens (tertiary/aromatic N) is 1. The molecule has 2 aromatic carbocycles. The van der Waals surface area contributed by atoms with Gasteiger partial charge in [-0.05, 0) is 31.2 Å². The van der Waals surface area contributed by atoms with Gasteiger partial charge in [0, 0.05) is 11.6 Å². The fourth-order valence-corrected chi connectivity index (χ4v) is 2.67. The highest BCUT2D eigenvalue weighted by Gasteiger charge is 2.25. The van der Waals surface area contributed by atoms with E-state index in [9.17, 15) is 14.9 Å². The zero-order chi connectivity index (χ0) is 20.0. The predicted molar refractivity (Wildman–Crippen MR) is 101 cm³/mol. The summed E-state index contributed by atoms with van der Waals surface area (Å²) >= 11 is 0. The lowest BCUT2D eigenvalue weighted by atomic mass is 10.1. The van der Waals surface area contributed by atoms with E-state index in [1.807, 2.05) is 25.2 Å². The van der Waals surface area contributed by atoms with E-state index < -0.39 is 11.0 Å². The predicted octanol–water partition coefficient (Wildman–Crippen LogP) is 1.65. The van der Waals surface area contributed by atoms with E-state index in [0.29, 0.717) is 18.0 Å². The van der Waals surface area contributed by atoms with E-state index in [1.165, 1.54) is 12.1 Å². The number of rotatable bonds is 8. The number of nitrogens with one attached hydrogen (secondary N) is 2. The summed E-state index contributed by atoms with van der Waals surface area (Å²) in [5.41, 5.74) is 1.05. The molecule has 2 rings (SSSR count). The molecule has 27 heavy (non-hydrogen) atoms. The summed E-state index contributed by atoms with van der Waals surface area (Å²) in [5, 5.41) is 13.7. The van der Waals surface area contributed by atoms with Crippen LogP contribution in [0.3, 0.4) is 0 Å². The maximum atomic E-state index is 12.5. The number of nitro groups is 1. The van der Waals surface area contributed by atoms with Crippen molar-refractivity contribution < 1.29 is 24.1 Å². The van der Waals surface area contributed by atoms with Gasteiger partial charge < -0.3 is 19.7 Å². The monoisotopic (exact) mass is 374 g/mol. The summed E-state index contributed by atoms with van der Waals surface area (Å²) in [6, 6.07) is 11.3. The highest BCUT2D eigenvalue weighted by Crippen LogP contribution is 2.27. The Morgan fingerprint density at radius 2 is 1.85 bits per heavy atom. The Bertz CT molecular complexity index is 825. The lowest BCUT2D eigenvalue weighted by Gasteiger charge is -2.21. The number of anilines is 1. The van der Waals surface area contributed by atoms with Crippen molar-refractivity contribution >= 4 is 17.3 Å². The largest absolute Gasteiger partial charge is 0.493 e. The number of hydrogen-bond donors (Lipinski definition) is 2. The van der Waals surface area contributed by atoms with E-state index in [-0.39, 0.29) is 17.3 Å². The molecule has 8 nitrogen and oxygen atoms in total. The minimum Gasteiger partial charge on any atom is -0.493 e. The van der Waals surface area contributed by atoms with Crippen LogP contribution in [0, 0.1) is 10.1 Å². The first kappa shape index (κ1) is 20.2. The van der Waals surface area contributed by atoms with Crippen molar-refractivity contribution in [3.8, 4) is 11.5 Å². The van der Waals surface area contributed by atoms with Crippen LogP contribution in [0.2, 0.25) is 0 Å². The standard InChI is InChI=1S/C19H23N3O5/c1-13(19(23)20-15-7-5-6-8-16(15)22(24)25)21(2)12-14-9-10-17(26-3)18(11-14)27-4/h5-11,13H,12H2,1-4H3,(H,20,23)/p+1/t13-/m1/s1. The Morgan fingerprint density at radius 3 is 2.48 bits per heavy atom. The molecule has 2 aromatic rings. The summed E-state index contributed by atoms with van der Waals surface area (Å²) in [5.74, 6) is 0.975. The molecule has 2 atom stereocenters. The van der Waals surface area contributed by atoms with Crippen molar-refractivity contribution in [2.24, 2.45) is 0 Å². The van der Waals surface area contributed by atoms with E-state index in [2.05, 4.69) is 5.32 Å². The third-order valence-electron chi connectivity index (χ3n) is 4.42. The number of methoxy groups -OCH3 is 2. The first-order valence-corrected chi connectivity index (χ1v) is 8.44. The molecule has 1 unspecified atom stereocenters. The molecule has 2 N–H and O–H groups in total. The smallest absolute Gasteiger partial charge is 0.292 e. The molecule has 0 fully saturated rings. The number of likely N-dealkylation sites (N-methyl/N-ethyl adjacent to an activating group) is 1. The van der Waals surface area contributed by atoms with Crippen LogP contribution < -0.4 is 19.7 Å². The first-order valence-electron chi connectivity index (χ1n) is 8.44. The zero-order valence-electron chi connectivity index (χ0n) is 15.8. The second-order valence-electron chi connectivity index (χ2n) is 6.20. The number of amides is 1. The van der Waals surface area contributed by atoms with Crippen molar-refractivity contribution in [3.63, 3.8) is 0 Å².